The van der Waals surface area contributed by atoms with Gasteiger partial charge in [0.1, 0.15) is 0 Å². The van der Waals surface area contributed by atoms with Crippen LogP contribution in [0.4, 0.5) is 4.39 Å². The van der Waals surface area contributed by atoms with Crippen LogP contribution in [0, 0.1) is 5.92 Å². The summed E-state index contributed by atoms with van der Waals surface area (Å²) in [5.41, 5.74) is 0. The van der Waals surface area contributed by atoms with E-state index < -0.39 is 17.9 Å². The fourth-order valence-corrected chi connectivity index (χ4v) is 0.453. The highest BCUT2D eigenvalue weighted by Gasteiger charge is 2.11. The lowest BCUT2D eigenvalue weighted by atomic mass is 10.1. The minimum Gasteiger partial charge on any atom is -0.481 e. The van der Waals surface area contributed by atoms with Crippen LogP contribution in [0.2, 0.25) is 0 Å². The first-order chi connectivity index (χ1) is 4.54. The zero-order chi connectivity index (χ0) is 8.15. The van der Waals surface area contributed by atoms with Gasteiger partial charge in [0.05, 0.1) is 5.92 Å². The number of carbonyl (C=O) groups excluding carboxylic acids is 1. The van der Waals surface area contributed by atoms with Crippen molar-refractivity contribution in [2.24, 2.45) is 5.92 Å². The predicted octanol–water partition coefficient (Wildman–Crippen LogP) is 0.983. The zero-order valence-electron chi connectivity index (χ0n) is 5.63. The fraction of sp³-hybridized carbons (Fsp3) is 0.667. The summed E-state index contributed by atoms with van der Waals surface area (Å²) in [4.78, 5) is 19.8. The highest BCUT2D eigenvalue weighted by molar-refractivity contribution is 5.72. The van der Waals surface area contributed by atoms with Crippen LogP contribution in [-0.4, -0.2) is 17.1 Å². The summed E-state index contributed by atoms with van der Waals surface area (Å²) < 4.78 is 11.5. The molecule has 0 aromatic carbocycles. The van der Waals surface area contributed by atoms with E-state index in [-0.39, 0.29) is 12.8 Å². The first-order valence-electron chi connectivity index (χ1n) is 2.95. The summed E-state index contributed by atoms with van der Waals surface area (Å²) in [6.45, 7) is 1.44. The first kappa shape index (κ1) is 9.07. The van der Waals surface area contributed by atoms with Gasteiger partial charge in [-0.25, -0.2) is 0 Å². The molecule has 4 heteroatoms. The Labute approximate surface area is 57.8 Å². The van der Waals surface area contributed by atoms with E-state index in [1.165, 1.54) is 6.92 Å². The van der Waals surface area contributed by atoms with Gasteiger partial charge in [-0.3, -0.25) is 9.59 Å². The topological polar surface area (TPSA) is 54.4 Å². The Hall–Kier alpha value is -0.930. The van der Waals surface area contributed by atoms with Crippen molar-refractivity contribution in [1.82, 2.24) is 0 Å². The van der Waals surface area contributed by atoms with Crippen molar-refractivity contribution >= 4 is 12.0 Å². The number of carboxylic acids is 1. The van der Waals surface area contributed by atoms with Crippen LogP contribution in [-0.2, 0) is 9.59 Å². The van der Waals surface area contributed by atoms with Gasteiger partial charge in [0.25, 0.3) is 0 Å². The van der Waals surface area contributed by atoms with Crippen molar-refractivity contribution < 1.29 is 19.1 Å². The molecule has 1 unspecified atom stereocenters. The molecular formula is C6H9FO3. The van der Waals surface area contributed by atoms with E-state index in [1.807, 2.05) is 0 Å². The molecular weight excluding hydrogens is 139 g/mol. The van der Waals surface area contributed by atoms with E-state index in [9.17, 15) is 14.0 Å². The van der Waals surface area contributed by atoms with Crippen LogP contribution in [0.1, 0.15) is 19.8 Å². The van der Waals surface area contributed by atoms with Gasteiger partial charge in [-0.1, -0.05) is 6.92 Å². The lowest BCUT2D eigenvalue weighted by Crippen LogP contribution is -2.10. The van der Waals surface area contributed by atoms with Crippen LogP contribution in [0.5, 0.6) is 0 Å². The second kappa shape index (κ2) is 3.98. The van der Waals surface area contributed by atoms with Gasteiger partial charge >= 0.3 is 12.0 Å². The van der Waals surface area contributed by atoms with Gasteiger partial charge < -0.3 is 5.11 Å². The van der Waals surface area contributed by atoms with Gasteiger partial charge in [0, 0.05) is 6.42 Å². The van der Waals surface area contributed by atoms with E-state index in [2.05, 4.69) is 0 Å². The van der Waals surface area contributed by atoms with Crippen molar-refractivity contribution in [2.75, 3.05) is 0 Å². The van der Waals surface area contributed by atoms with E-state index >= 15 is 0 Å². The van der Waals surface area contributed by atoms with Crippen LogP contribution in [0.25, 0.3) is 0 Å². The minimum absolute atomic E-state index is 0.0741. The van der Waals surface area contributed by atoms with Crippen LogP contribution in [0.3, 0.4) is 0 Å². The highest BCUT2D eigenvalue weighted by atomic mass is 19.1. The second-order valence-corrected chi connectivity index (χ2v) is 2.13. The number of rotatable bonds is 4. The van der Waals surface area contributed by atoms with Crippen molar-refractivity contribution in [3.8, 4) is 0 Å². The van der Waals surface area contributed by atoms with Crippen LogP contribution in [0.15, 0.2) is 0 Å². The third kappa shape index (κ3) is 4.00. The Morgan fingerprint density at radius 1 is 1.60 bits per heavy atom. The first-order valence-corrected chi connectivity index (χ1v) is 2.95. The average Bonchev–Trinajstić information content (AvgIpc) is 1.82. The molecule has 58 valence electrons. The molecule has 0 spiro atoms. The van der Waals surface area contributed by atoms with Gasteiger partial charge in [0.15, 0.2) is 0 Å². The molecule has 0 aliphatic rings. The molecule has 0 heterocycles. The SMILES string of the molecule is CC(CCC(=O)F)C(=O)O. The molecule has 0 bridgehead atoms. The fourth-order valence-electron chi connectivity index (χ4n) is 0.453. The zero-order valence-corrected chi connectivity index (χ0v) is 5.63. The standard InChI is InChI=1S/C6H9FO3/c1-4(6(9)10)2-3-5(7)8/h4H,2-3H2,1H3,(H,9,10). The molecule has 1 N–H and O–H groups in total. The van der Waals surface area contributed by atoms with Crippen molar-refractivity contribution in [3.05, 3.63) is 0 Å². The van der Waals surface area contributed by atoms with Crippen molar-refractivity contribution in [3.63, 3.8) is 0 Å². The normalized spacial score (nSPS) is 12.6. The summed E-state index contributed by atoms with van der Waals surface area (Å²) in [6.07, 6.45) is -0.224. The Balaban J connectivity index is 3.49. The third-order valence-corrected chi connectivity index (χ3v) is 1.20. The Morgan fingerprint density at radius 2 is 2.10 bits per heavy atom. The molecule has 1 atom stereocenters. The molecule has 0 fully saturated rings. The van der Waals surface area contributed by atoms with Crippen LogP contribution < -0.4 is 0 Å². The number of halogens is 1. The summed E-state index contributed by atoms with van der Waals surface area (Å²) in [7, 11) is 0. The Kier molecular flexibility index (Phi) is 3.61. The maximum absolute atomic E-state index is 11.5. The molecule has 10 heavy (non-hydrogen) atoms. The number of hydrogen-bond donors (Lipinski definition) is 1. The highest BCUT2D eigenvalue weighted by Crippen LogP contribution is 2.05. The Morgan fingerprint density at radius 3 is 2.40 bits per heavy atom. The molecule has 0 aromatic heterocycles. The van der Waals surface area contributed by atoms with E-state index in [0.717, 1.165) is 0 Å². The smallest absolute Gasteiger partial charge is 0.306 e. The molecule has 0 saturated heterocycles. The van der Waals surface area contributed by atoms with E-state index in [0.29, 0.717) is 0 Å². The van der Waals surface area contributed by atoms with Crippen molar-refractivity contribution in [2.45, 2.75) is 19.8 Å². The third-order valence-electron chi connectivity index (χ3n) is 1.20. The summed E-state index contributed by atoms with van der Waals surface area (Å²) in [5.74, 6) is -1.64. The summed E-state index contributed by atoms with van der Waals surface area (Å²) >= 11 is 0. The number of hydrogen-bond acceptors (Lipinski definition) is 2. The molecule has 0 aliphatic heterocycles. The van der Waals surface area contributed by atoms with Gasteiger partial charge in [-0.05, 0) is 6.42 Å². The molecule has 0 aliphatic carbocycles. The molecule has 0 saturated carbocycles. The van der Waals surface area contributed by atoms with Gasteiger partial charge in [-0.15, -0.1) is 0 Å². The van der Waals surface area contributed by atoms with E-state index in [4.69, 9.17) is 5.11 Å². The maximum atomic E-state index is 11.5. The van der Waals surface area contributed by atoms with E-state index in [1.54, 1.807) is 0 Å². The summed E-state index contributed by atoms with van der Waals surface area (Å²) in [5, 5.41) is 8.26. The molecule has 0 amide bonds. The predicted molar refractivity (Wildman–Crippen MR) is 32.1 cm³/mol. The molecule has 0 rings (SSSR count). The van der Waals surface area contributed by atoms with Gasteiger partial charge in [0.2, 0.25) is 0 Å². The summed E-state index contributed by atoms with van der Waals surface area (Å²) in [6, 6.07) is -1.45. The lowest BCUT2D eigenvalue weighted by molar-refractivity contribution is -0.141. The van der Waals surface area contributed by atoms with Crippen LogP contribution >= 0.6 is 0 Å². The average molecular weight is 148 g/mol. The lowest BCUT2D eigenvalue weighted by Gasteiger charge is -2.00. The maximum Gasteiger partial charge on any atom is 0.306 e. The monoisotopic (exact) mass is 148 g/mol. The van der Waals surface area contributed by atoms with Gasteiger partial charge in [-0.2, -0.15) is 4.39 Å². The number of carboxylic acid groups (broad SMARTS) is 1. The minimum atomic E-state index is -1.45. The molecule has 0 radical (unpaired) electrons. The quantitative estimate of drug-likeness (QED) is 0.604. The molecule has 3 nitrogen and oxygen atoms in total. The van der Waals surface area contributed by atoms with Crippen molar-refractivity contribution in [1.29, 1.82) is 0 Å². The molecule has 0 aromatic rings. The number of aliphatic carboxylic acids is 1. The second-order valence-electron chi connectivity index (χ2n) is 2.13. The Bertz CT molecular complexity index is 144. The largest absolute Gasteiger partial charge is 0.481 e. The number of carbonyl (C=O) groups is 2.